The average Bonchev–Trinajstić information content (AvgIpc) is 2.39. The number of hydrogen-bond acceptors (Lipinski definition) is 3. The van der Waals surface area contributed by atoms with E-state index in [1.54, 1.807) is 18.2 Å². The summed E-state index contributed by atoms with van der Waals surface area (Å²) in [5.41, 5.74) is 1.30. The molecule has 1 aromatic heterocycles. The summed E-state index contributed by atoms with van der Waals surface area (Å²) >= 11 is 0. The molecule has 0 aliphatic heterocycles. The molecule has 0 radical (unpaired) electrons. The molecular formula is C14H9F3N2O. The van der Waals surface area contributed by atoms with Crippen molar-refractivity contribution in [2.75, 3.05) is 0 Å². The van der Waals surface area contributed by atoms with Gasteiger partial charge in [-0.15, -0.1) is 13.2 Å². The van der Waals surface area contributed by atoms with E-state index in [-0.39, 0.29) is 17.7 Å². The molecule has 0 aliphatic carbocycles. The molecule has 0 fully saturated rings. The smallest absolute Gasteiger partial charge is 0.405 e. The van der Waals surface area contributed by atoms with E-state index < -0.39 is 6.36 Å². The molecule has 1 aromatic carbocycles. The molecule has 6 heteroatoms. The molecular weight excluding hydrogens is 269 g/mol. The van der Waals surface area contributed by atoms with Gasteiger partial charge in [0.2, 0.25) is 0 Å². The van der Waals surface area contributed by atoms with Gasteiger partial charge in [-0.3, -0.25) is 4.98 Å². The minimum Gasteiger partial charge on any atom is -0.405 e. The van der Waals surface area contributed by atoms with Crippen molar-refractivity contribution in [3.05, 3.63) is 48.2 Å². The average molecular weight is 278 g/mol. The van der Waals surface area contributed by atoms with Gasteiger partial charge in [0.1, 0.15) is 5.75 Å². The lowest BCUT2D eigenvalue weighted by molar-refractivity contribution is -0.274. The first-order valence-corrected chi connectivity index (χ1v) is 5.66. The summed E-state index contributed by atoms with van der Waals surface area (Å²) < 4.78 is 40.9. The van der Waals surface area contributed by atoms with Crippen LogP contribution in [0.4, 0.5) is 13.2 Å². The number of benzene rings is 1. The maximum absolute atomic E-state index is 12.3. The lowest BCUT2D eigenvalue weighted by Gasteiger charge is -2.12. The summed E-state index contributed by atoms with van der Waals surface area (Å²) in [6, 6.07) is 11.0. The Morgan fingerprint density at radius 1 is 1.15 bits per heavy atom. The van der Waals surface area contributed by atoms with Crippen molar-refractivity contribution >= 4 is 0 Å². The van der Waals surface area contributed by atoms with Crippen LogP contribution in [-0.2, 0) is 6.42 Å². The second-order valence-corrected chi connectivity index (χ2v) is 3.93. The molecule has 20 heavy (non-hydrogen) atoms. The maximum atomic E-state index is 12.3. The Labute approximate surface area is 113 Å². The third-order valence-corrected chi connectivity index (χ3v) is 2.50. The van der Waals surface area contributed by atoms with E-state index in [0.29, 0.717) is 11.3 Å². The molecule has 1 heterocycles. The van der Waals surface area contributed by atoms with Gasteiger partial charge in [-0.05, 0) is 23.8 Å². The molecule has 2 rings (SSSR count). The van der Waals surface area contributed by atoms with Crippen LogP contribution in [0.2, 0.25) is 0 Å². The lowest BCUT2D eigenvalue weighted by Crippen LogP contribution is -2.17. The summed E-state index contributed by atoms with van der Waals surface area (Å²) in [5.74, 6) is -0.305. The normalized spacial score (nSPS) is 10.9. The number of para-hydroxylation sites is 1. The van der Waals surface area contributed by atoms with Gasteiger partial charge in [-0.25, -0.2) is 0 Å². The van der Waals surface area contributed by atoms with E-state index in [1.807, 2.05) is 6.07 Å². The van der Waals surface area contributed by atoms with Crippen molar-refractivity contribution in [2.45, 2.75) is 12.8 Å². The van der Waals surface area contributed by atoms with Crippen LogP contribution in [0, 0.1) is 11.3 Å². The molecule has 0 spiro atoms. The molecule has 0 saturated heterocycles. The van der Waals surface area contributed by atoms with E-state index in [0.717, 1.165) is 0 Å². The van der Waals surface area contributed by atoms with Gasteiger partial charge in [-0.1, -0.05) is 18.2 Å². The number of ether oxygens (including phenoxy) is 1. The SMILES string of the molecule is N#CCc1ccc(-c2ccccc2OC(F)(F)F)nc1. The fraction of sp³-hybridized carbons (Fsp3) is 0.143. The van der Waals surface area contributed by atoms with Crippen LogP contribution >= 0.6 is 0 Å². The van der Waals surface area contributed by atoms with E-state index in [4.69, 9.17) is 5.26 Å². The number of hydrogen-bond donors (Lipinski definition) is 0. The second-order valence-electron chi connectivity index (χ2n) is 3.93. The van der Waals surface area contributed by atoms with Gasteiger partial charge >= 0.3 is 6.36 Å². The molecule has 0 saturated carbocycles. The van der Waals surface area contributed by atoms with Gasteiger partial charge in [0, 0.05) is 11.8 Å². The molecule has 0 aliphatic rings. The van der Waals surface area contributed by atoms with E-state index in [1.165, 1.54) is 24.4 Å². The van der Waals surface area contributed by atoms with Crippen LogP contribution in [0.25, 0.3) is 11.3 Å². The van der Waals surface area contributed by atoms with Crippen LogP contribution in [0.5, 0.6) is 5.75 Å². The van der Waals surface area contributed by atoms with Crippen LogP contribution in [-0.4, -0.2) is 11.3 Å². The number of nitriles is 1. The minimum absolute atomic E-state index is 0.202. The molecule has 0 amide bonds. The highest BCUT2D eigenvalue weighted by Crippen LogP contribution is 2.32. The molecule has 3 nitrogen and oxygen atoms in total. The highest BCUT2D eigenvalue weighted by molar-refractivity contribution is 5.67. The Hall–Kier alpha value is -2.55. The summed E-state index contributed by atoms with van der Waals surface area (Å²) in [6.45, 7) is 0. The first kappa shape index (κ1) is 13.9. The third kappa shape index (κ3) is 3.48. The first-order chi connectivity index (χ1) is 9.49. The predicted octanol–water partition coefficient (Wildman–Crippen LogP) is 3.71. The summed E-state index contributed by atoms with van der Waals surface area (Å²) in [7, 11) is 0. The van der Waals surface area contributed by atoms with E-state index in [2.05, 4.69) is 9.72 Å². The zero-order valence-electron chi connectivity index (χ0n) is 10.2. The zero-order valence-corrected chi connectivity index (χ0v) is 10.2. The Morgan fingerprint density at radius 2 is 1.90 bits per heavy atom. The standard InChI is InChI=1S/C14H9F3N2O/c15-14(16,17)20-13-4-2-1-3-11(13)12-6-5-10(7-8-18)9-19-12/h1-6,9H,7H2. The Balaban J connectivity index is 2.35. The van der Waals surface area contributed by atoms with Gasteiger partial charge in [0.25, 0.3) is 0 Å². The predicted molar refractivity (Wildman–Crippen MR) is 65.7 cm³/mol. The van der Waals surface area contributed by atoms with Gasteiger partial charge in [0.05, 0.1) is 18.2 Å². The van der Waals surface area contributed by atoms with Crippen molar-refractivity contribution in [3.63, 3.8) is 0 Å². The molecule has 0 atom stereocenters. The highest BCUT2D eigenvalue weighted by atomic mass is 19.4. The van der Waals surface area contributed by atoms with Gasteiger partial charge in [-0.2, -0.15) is 5.26 Å². The van der Waals surface area contributed by atoms with Crippen molar-refractivity contribution in [3.8, 4) is 23.1 Å². The largest absolute Gasteiger partial charge is 0.573 e. The second kappa shape index (κ2) is 5.61. The minimum atomic E-state index is -4.75. The molecule has 0 N–H and O–H groups in total. The molecule has 0 unspecified atom stereocenters. The molecule has 102 valence electrons. The van der Waals surface area contributed by atoms with E-state index in [9.17, 15) is 13.2 Å². The van der Waals surface area contributed by atoms with Crippen LogP contribution in [0.1, 0.15) is 5.56 Å². The van der Waals surface area contributed by atoms with Crippen molar-refractivity contribution in [2.24, 2.45) is 0 Å². The lowest BCUT2D eigenvalue weighted by atomic mass is 10.1. The Morgan fingerprint density at radius 3 is 2.50 bits per heavy atom. The quantitative estimate of drug-likeness (QED) is 0.859. The van der Waals surface area contributed by atoms with E-state index >= 15 is 0 Å². The number of nitrogens with zero attached hydrogens (tertiary/aromatic N) is 2. The number of rotatable bonds is 3. The van der Waals surface area contributed by atoms with Crippen molar-refractivity contribution in [1.29, 1.82) is 5.26 Å². The summed E-state index contributed by atoms with van der Waals surface area (Å²) in [6.07, 6.45) is -3.09. The fourth-order valence-corrected chi connectivity index (χ4v) is 1.67. The van der Waals surface area contributed by atoms with Crippen LogP contribution < -0.4 is 4.74 Å². The number of halogens is 3. The molecule has 2 aromatic rings. The monoisotopic (exact) mass is 278 g/mol. The maximum Gasteiger partial charge on any atom is 0.573 e. The zero-order chi connectivity index (χ0) is 14.6. The number of aromatic nitrogens is 1. The van der Waals surface area contributed by atoms with Crippen molar-refractivity contribution < 1.29 is 17.9 Å². The Bertz CT molecular complexity index is 630. The molecule has 0 bridgehead atoms. The highest BCUT2D eigenvalue weighted by Gasteiger charge is 2.32. The number of alkyl halides is 3. The van der Waals surface area contributed by atoms with Gasteiger partial charge < -0.3 is 4.74 Å². The third-order valence-electron chi connectivity index (χ3n) is 2.50. The fourth-order valence-electron chi connectivity index (χ4n) is 1.67. The van der Waals surface area contributed by atoms with Crippen molar-refractivity contribution in [1.82, 2.24) is 4.98 Å². The topological polar surface area (TPSA) is 45.9 Å². The summed E-state index contributed by atoms with van der Waals surface area (Å²) in [5, 5.41) is 8.55. The van der Waals surface area contributed by atoms with Crippen LogP contribution in [0.15, 0.2) is 42.6 Å². The summed E-state index contributed by atoms with van der Waals surface area (Å²) in [4.78, 5) is 4.06. The number of pyridine rings is 1. The first-order valence-electron chi connectivity index (χ1n) is 5.66. The van der Waals surface area contributed by atoms with Crippen LogP contribution in [0.3, 0.4) is 0 Å². The van der Waals surface area contributed by atoms with Gasteiger partial charge in [0.15, 0.2) is 0 Å². The Kier molecular flexibility index (Phi) is 3.89.